The average molecular weight is 464 g/mol. The third-order valence-corrected chi connectivity index (χ3v) is 5.79. The highest BCUT2D eigenvalue weighted by Crippen LogP contribution is 2.29. The van der Waals surface area contributed by atoms with E-state index in [-0.39, 0.29) is 17.2 Å². The van der Waals surface area contributed by atoms with Gasteiger partial charge >= 0.3 is 0 Å². The van der Waals surface area contributed by atoms with Crippen LogP contribution in [0.4, 0.5) is 0 Å². The molecule has 3 aromatic carbocycles. The topological polar surface area (TPSA) is 62.9 Å². The van der Waals surface area contributed by atoms with E-state index in [9.17, 15) is 0 Å². The Morgan fingerprint density at radius 2 is 1.15 bits per heavy atom. The standard InChI is InChI=1S/C27H29NO4S/c28-27(33)26-25(31-18-22-14-8-3-9-15-22)24(30-17-21-12-6-2-7-13-21)23(32-26)19-29-16-20-10-4-1-5-11-20/h1-15,23-26H,16-19H2,(H2,28,33)/t23-,24-,25+,26+/m1/s1. The quantitative estimate of drug-likeness (QED) is 0.425. The molecule has 0 aromatic heterocycles. The minimum Gasteiger partial charge on any atom is -0.391 e. The van der Waals surface area contributed by atoms with Crippen molar-refractivity contribution in [3.8, 4) is 0 Å². The summed E-state index contributed by atoms with van der Waals surface area (Å²) in [6.45, 7) is 1.67. The van der Waals surface area contributed by atoms with Crippen LogP contribution in [0.15, 0.2) is 91.0 Å². The smallest absolute Gasteiger partial charge is 0.137 e. The zero-order valence-corrected chi connectivity index (χ0v) is 19.2. The number of hydrogen-bond donors (Lipinski definition) is 1. The Kier molecular flexibility index (Phi) is 8.58. The van der Waals surface area contributed by atoms with Gasteiger partial charge in [-0.3, -0.25) is 0 Å². The van der Waals surface area contributed by atoms with Crippen LogP contribution in [0.25, 0.3) is 0 Å². The zero-order chi connectivity index (χ0) is 22.9. The van der Waals surface area contributed by atoms with E-state index >= 15 is 0 Å². The van der Waals surface area contributed by atoms with Crippen molar-refractivity contribution >= 4 is 17.2 Å². The molecule has 6 heteroatoms. The van der Waals surface area contributed by atoms with E-state index in [1.54, 1.807) is 0 Å². The normalized spacial score (nSPS) is 22.3. The van der Waals surface area contributed by atoms with Gasteiger partial charge in [-0.05, 0) is 16.7 Å². The zero-order valence-electron chi connectivity index (χ0n) is 18.4. The van der Waals surface area contributed by atoms with Gasteiger partial charge in [0.2, 0.25) is 0 Å². The van der Waals surface area contributed by atoms with Gasteiger partial charge in [0.15, 0.2) is 0 Å². The van der Waals surface area contributed by atoms with Crippen LogP contribution in [0.2, 0.25) is 0 Å². The van der Waals surface area contributed by atoms with Crippen LogP contribution >= 0.6 is 12.2 Å². The summed E-state index contributed by atoms with van der Waals surface area (Å²) in [4.78, 5) is 0.256. The minimum atomic E-state index is -0.546. The number of hydrogen-bond acceptors (Lipinski definition) is 5. The molecule has 0 saturated carbocycles. The Bertz CT molecular complexity index is 987. The van der Waals surface area contributed by atoms with Crippen molar-refractivity contribution in [2.45, 2.75) is 44.2 Å². The van der Waals surface area contributed by atoms with Gasteiger partial charge in [0.1, 0.15) is 29.4 Å². The molecule has 1 aliphatic rings. The number of ether oxygens (including phenoxy) is 4. The summed E-state index contributed by atoms with van der Waals surface area (Å²) in [5.74, 6) is 0. The molecule has 2 N–H and O–H groups in total. The van der Waals surface area contributed by atoms with E-state index < -0.39 is 12.2 Å². The van der Waals surface area contributed by atoms with Crippen molar-refractivity contribution in [3.63, 3.8) is 0 Å². The summed E-state index contributed by atoms with van der Waals surface area (Å²) in [6, 6.07) is 30.0. The molecule has 172 valence electrons. The predicted molar refractivity (Wildman–Crippen MR) is 132 cm³/mol. The van der Waals surface area contributed by atoms with Crippen molar-refractivity contribution in [1.29, 1.82) is 0 Å². The minimum absolute atomic E-state index is 0.256. The summed E-state index contributed by atoms with van der Waals surface area (Å²) in [5, 5.41) is 0. The molecule has 33 heavy (non-hydrogen) atoms. The van der Waals surface area contributed by atoms with Crippen molar-refractivity contribution < 1.29 is 18.9 Å². The lowest BCUT2D eigenvalue weighted by atomic mass is 10.1. The van der Waals surface area contributed by atoms with Crippen LogP contribution < -0.4 is 5.73 Å². The van der Waals surface area contributed by atoms with Gasteiger partial charge in [0, 0.05) is 0 Å². The first kappa shape index (κ1) is 23.5. The van der Waals surface area contributed by atoms with Crippen LogP contribution in [-0.2, 0) is 38.8 Å². The highest BCUT2D eigenvalue weighted by Gasteiger charge is 2.47. The van der Waals surface area contributed by atoms with Crippen molar-refractivity contribution in [1.82, 2.24) is 0 Å². The molecule has 1 aliphatic heterocycles. The van der Waals surface area contributed by atoms with Gasteiger partial charge in [-0.1, -0.05) is 103 Å². The SMILES string of the molecule is NC(=S)[C@H]1O[C@H](COCc2ccccc2)[C@@H](OCc2ccccc2)[C@@H]1OCc1ccccc1. The number of nitrogens with two attached hydrogens (primary N) is 1. The Balaban J connectivity index is 1.46. The highest BCUT2D eigenvalue weighted by molar-refractivity contribution is 7.80. The van der Waals surface area contributed by atoms with Gasteiger partial charge in [-0.15, -0.1) is 0 Å². The van der Waals surface area contributed by atoms with Crippen molar-refractivity contribution in [2.24, 2.45) is 5.73 Å². The van der Waals surface area contributed by atoms with Crippen LogP contribution in [0, 0.1) is 0 Å². The lowest BCUT2D eigenvalue weighted by molar-refractivity contribution is -0.0896. The maximum atomic E-state index is 6.34. The fourth-order valence-electron chi connectivity index (χ4n) is 3.88. The van der Waals surface area contributed by atoms with Gasteiger partial charge in [-0.2, -0.15) is 0 Å². The number of thiocarbonyl (C=S) groups is 1. The largest absolute Gasteiger partial charge is 0.391 e. The molecule has 0 bridgehead atoms. The van der Waals surface area contributed by atoms with E-state index in [4.69, 9.17) is 36.9 Å². The molecule has 4 rings (SSSR count). The Morgan fingerprint density at radius 3 is 1.64 bits per heavy atom. The van der Waals surface area contributed by atoms with Crippen LogP contribution in [0.3, 0.4) is 0 Å². The summed E-state index contributed by atoms with van der Waals surface area (Å²) >= 11 is 5.31. The molecule has 1 heterocycles. The second-order valence-corrected chi connectivity index (χ2v) is 8.49. The molecule has 4 atom stereocenters. The fraction of sp³-hybridized carbons (Fsp3) is 0.296. The van der Waals surface area contributed by atoms with E-state index in [0.717, 1.165) is 16.7 Å². The fourth-order valence-corrected chi connectivity index (χ4v) is 4.06. The molecule has 1 fully saturated rings. The van der Waals surface area contributed by atoms with Crippen LogP contribution in [0.5, 0.6) is 0 Å². The summed E-state index contributed by atoms with van der Waals surface area (Å²) in [6.07, 6.45) is -1.72. The van der Waals surface area contributed by atoms with E-state index in [1.165, 1.54) is 0 Å². The third-order valence-electron chi connectivity index (χ3n) is 5.55. The highest BCUT2D eigenvalue weighted by atomic mass is 32.1. The van der Waals surface area contributed by atoms with E-state index in [0.29, 0.717) is 26.4 Å². The van der Waals surface area contributed by atoms with E-state index in [2.05, 4.69) is 0 Å². The molecule has 0 aliphatic carbocycles. The Morgan fingerprint density at radius 1 is 0.697 bits per heavy atom. The first-order valence-corrected chi connectivity index (χ1v) is 11.5. The van der Waals surface area contributed by atoms with Crippen molar-refractivity contribution in [2.75, 3.05) is 6.61 Å². The molecule has 3 aromatic rings. The maximum absolute atomic E-state index is 6.34. The van der Waals surface area contributed by atoms with E-state index in [1.807, 2.05) is 91.0 Å². The lowest BCUT2D eigenvalue weighted by Crippen LogP contribution is -2.42. The van der Waals surface area contributed by atoms with Gasteiger partial charge in [0.25, 0.3) is 0 Å². The predicted octanol–water partition coefficient (Wildman–Crippen LogP) is 4.43. The average Bonchev–Trinajstić information content (AvgIpc) is 3.21. The van der Waals surface area contributed by atoms with Gasteiger partial charge < -0.3 is 24.7 Å². The first-order valence-electron chi connectivity index (χ1n) is 11.1. The summed E-state index contributed by atoms with van der Waals surface area (Å²) in [7, 11) is 0. The number of benzene rings is 3. The summed E-state index contributed by atoms with van der Waals surface area (Å²) < 4.78 is 24.8. The van der Waals surface area contributed by atoms with Gasteiger partial charge in [-0.25, -0.2) is 0 Å². The molecule has 1 saturated heterocycles. The Labute approximate surface area is 200 Å². The third kappa shape index (κ3) is 6.69. The second-order valence-electron chi connectivity index (χ2n) is 8.02. The summed E-state index contributed by atoms with van der Waals surface area (Å²) in [5.41, 5.74) is 9.27. The van der Waals surface area contributed by atoms with Gasteiger partial charge in [0.05, 0.1) is 26.4 Å². The Hall–Kier alpha value is -2.61. The molecular formula is C27H29NO4S. The maximum Gasteiger partial charge on any atom is 0.137 e. The molecule has 5 nitrogen and oxygen atoms in total. The number of rotatable bonds is 11. The van der Waals surface area contributed by atoms with Crippen molar-refractivity contribution in [3.05, 3.63) is 108 Å². The molecule has 0 amide bonds. The monoisotopic (exact) mass is 463 g/mol. The molecule has 0 radical (unpaired) electrons. The lowest BCUT2D eigenvalue weighted by Gasteiger charge is -2.25. The molecule has 0 spiro atoms. The van der Waals surface area contributed by atoms with Crippen LogP contribution in [-0.4, -0.2) is 36.0 Å². The molecule has 0 unspecified atom stereocenters. The molecular weight excluding hydrogens is 434 g/mol. The first-order chi connectivity index (χ1) is 16.2. The van der Waals surface area contributed by atoms with Crippen LogP contribution in [0.1, 0.15) is 16.7 Å². The second kappa shape index (κ2) is 12.0.